The molecule has 0 bridgehead atoms. The molecular weight excluding hydrogens is 220 g/mol. The van der Waals surface area contributed by atoms with E-state index in [0.29, 0.717) is 12.1 Å². The van der Waals surface area contributed by atoms with E-state index in [1.807, 2.05) is 6.92 Å². The number of carbonyl (C=O) groups is 1. The second-order valence-corrected chi connectivity index (χ2v) is 3.61. The zero-order valence-electron chi connectivity index (χ0n) is 9.29. The highest BCUT2D eigenvalue weighted by Gasteiger charge is 2.13. The van der Waals surface area contributed by atoms with E-state index in [2.05, 4.69) is 5.10 Å². The molecule has 0 aliphatic rings. The van der Waals surface area contributed by atoms with Crippen LogP contribution >= 0.6 is 0 Å². The van der Waals surface area contributed by atoms with Crippen LogP contribution in [0.5, 0.6) is 5.75 Å². The number of rotatable bonds is 3. The van der Waals surface area contributed by atoms with Gasteiger partial charge in [0.15, 0.2) is 5.69 Å². The Bertz CT molecular complexity index is 561. The molecule has 1 aromatic carbocycles. The van der Waals surface area contributed by atoms with Gasteiger partial charge in [0.05, 0.1) is 5.69 Å². The molecule has 88 valence electrons. The van der Waals surface area contributed by atoms with Crippen molar-refractivity contribution in [3.8, 4) is 11.4 Å². The lowest BCUT2D eigenvalue weighted by Crippen LogP contribution is -2.03. The zero-order valence-corrected chi connectivity index (χ0v) is 9.29. The number of aromatic nitrogens is 2. The molecule has 1 aromatic heterocycles. The summed E-state index contributed by atoms with van der Waals surface area (Å²) in [5.41, 5.74) is 1.44. The number of aryl methyl sites for hydroxylation is 1. The molecule has 0 saturated carbocycles. The fourth-order valence-electron chi connectivity index (χ4n) is 1.62. The van der Waals surface area contributed by atoms with Crippen LogP contribution in [0, 0.1) is 0 Å². The van der Waals surface area contributed by atoms with Crippen LogP contribution in [0.25, 0.3) is 5.69 Å². The Kier molecular flexibility index (Phi) is 2.82. The Balaban J connectivity index is 2.54. The quantitative estimate of drug-likeness (QED) is 0.846. The molecule has 0 radical (unpaired) electrons. The number of nitrogens with zero attached hydrogens (tertiary/aromatic N) is 2. The lowest BCUT2D eigenvalue weighted by molar-refractivity contribution is 0.0690. The molecule has 0 amide bonds. The number of hydrogen-bond acceptors (Lipinski definition) is 3. The standard InChI is InChI=1S/C12H12N2O3/c1-2-8-7-11(12(16)17)13-14(8)9-4-3-5-10(15)6-9/h3-7,15H,2H2,1H3,(H,16,17). The first-order valence-corrected chi connectivity index (χ1v) is 5.23. The molecule has 0 aliphatic heterocycles. The van der Waals surface area contributed by atoms with Crippen LogP contribution < -0.4 is 0 Å². The molecular formula is C12H12N2O3. The van der Waals surface area contributed by atoms with E-state index in [-0.39, 0.29) is 11.4 Å². The average molecular weight is 232 g/mol. The van der Waals surface area contributed by atoms with Crippen molar-refractivity contribution in [3.05, 3.63) is 41.7 Å². The molecule has 0 spiro atoms. The highest BCUT2D eigenvalue weighted by molar-refractivity contribution is 5.85. The van der Waals surface area contributed by atoms with Gasteiger partial charge in [-0.25, -0.2) is 9.48 Å². The molecule has 0 unspecified atom stereocenters. The van der Waals surface area contributed by atoms with E-state index in [4.69, 9.17) is 5.11 Å². The summed E-state index contributed by atoms with van der Waals surface area (Å²) >= 11 is 0. The Morgan fingerprint density at radius 3 is 2.76 bits per heavy atom. The second kappa shape index (κ2) is 4.29. The van der Waals surface area contributed by atoms with Gasteiger partial charge in [0.2, 0.25) is 0 Å². The van der Waals surface area contributed by atoms with Gasteiger partial charge >= 0.3 is 5.97 Å². The van der Waals surface area contributed by atoms with E-state index in [1.54, 1.807) is 18.2 Å². The average Bonchev–Trinajstić information content (AvgIpc) is 2.73. The van der Waals surface area contributed by atoms with E-state index >= 15 is 0 Å². The number of phenolic OH excluding ortho intramolecular Hbond substituents is 1. The summed E-state index contributed by atoms with van der Waals surface area (Å²) in [6, 6.07) is 8.07. The van der Waals surface area contributed by atoms with Crippen LogP contribution in [-0.2, 0) is 6.42 Å². The largest absolute Gasteiger partial charge is 0.508 e. The lowest BCUT2D eigenvalue weighted by atomic mass is 10.2. The van der Waals surface area contributed by atoms with E-state index in [1.165, 1.54) is 16.8 Å². The minimum Gasteiger partial charge on any atom is -0.508 e. The van der Waals surface area contributed by atoms with Crippen molar-refractivity contribution in [2.75, 3.05) is 0 Å². The Morgan fingerprint density at radius 1 is 1.41 bits per heavy atom. The smallest absolute Gasteiger partial charge is 0.356 e. The summed E-state index contributed by atoms with van der Waals surface area (Å²) in [4.78, 5) is 10.9. The predicted molar refractivity (Wildman–Crippen MR) is 61.6 cm³/mol. The Morgan fingerprint density at radius 2 is 2.18 bits per heavy atom. The molecule has 5 nitrogen and oxygen atoms in total. The van der Waals surface area contributed by atoms with Crippen molar-refractivity contribution in [1.82, 2.24) is 9.78 Å². The van der Waals surface area contributed by atoms with Crippen LogP contribution in [0.3, 0.4) is 0 Å². The summed E-state index contributed by atoms with van der Waals surface area (Å²) in [6.07, 6.45) is 0.663. The number of hydrogen-bond donors (Lipinski definition) is 2. The Labute approximate surface area is 97.9 Å². The predicted octanol–water partition coefficient (Wildman–Crippen LogP) is 1.84. The summed E-state index contributed by atoms with van der Waals surface area (Å²) in [6.45, 7) is 1.92. The highest BCUT2D eigenvalue weighted by Crippen LogP contribution is 2.18. The molecule has 0 atom stereocenters. The molecule has 2 aromatic rings. The number of phenols is 1. The molecule has 0 fully saturated rings. The number of benzene rings is 1. The summed E-state index contributed by atoms with van der Waals surface area (Å²) in [5, 5.41) is 22.3. The second-order valence-electron chi connectivity index (χ2n) is 3.61. The third-order valence-corrected chi connectivity index (χ3v) is 2.44. The fourth-order valence-corrected chi connectivity index (χ4v) is 1.62. The first-order valence-electron chi connectivity index (χ1n) is 5.23. The first-order chi connectivity index (χ1) is 8.11. The topological polar surface area (TPSA) is 75.3 Å². The molecule has 0 aliphatic carbocycles. The summed E-state index contributed by atoms with van der Waals surface area (Å²) < 4.78 is 1.53. The van der Waals surface area contributed by atoms with Gasteiger partial charge in [-0.15, -0.1) is 0 Å². The minimum absolute atomic E-state index is 0.00481. The van der Waals surface area contributed by atoms with E-state index in [0.717, 1.165) is 5.69 Å². The third-order valence-electron chi connectivity index (χ3n) is 2.44. The van der Waals surface area contributed by atoms with Crippen LogP contribution in [0.2, 0.25) is 0 Å². The van der Waals surface area contributed by atoms with Gasteiger partial charge in [0.1, 0.15) is 5.75 Å². The van der Waals surface area contributed by atoms with E-state index in [9.17, 15) is 9.90 Å². The Hall–Kier alpha value is -2.30. The third kappa shape index (κ3) is 2.13. The number of carboxylic acid groups (broad SMARTS) is 1. The molecule has 2 N–H and O–H groups in total. The maximum atomic E-state index is 10.9. The zero-order chi connectivity index (χ0) is 12.4. The van der Waals surface area contributed by atoms with Gasteiger partial charge in [0.25, 0.3) is 0 Å². The molecule has 17 heavy (non-hydrogen) atoms. The van der Waals surface area contributed by atoms with Crippen LogP contribution in [0.15, 0.2) is 30.3 Å². The van der Waals surface area contributed by atoms with Gasteiger partial charge in [-0.1, -0.05) is 13.0 Å². The minimum atomic E-state index is -1.06. The highest BCUT2D eigenvalue weighted by atomic mass is 16.4. The van der Waals surface area contributed by atoms with E-state index < -0.39 is 5.97 Å². The number of aromatic hydroxyl groups is 1. The van der Waals surface area contributed by atoms with Crippen LogP contribution in [-0.4, -0.2) is 26.0 Å². The van der Waals surface area contributed by atoms with Gasteiger partial charge < -0.3 is 10.2 Å². The summed E-state index contributed by atoms with van der Waals surface area (Å²) in [5.74, 6) is -0.935. The van der Waals surface area contributed by atoms with Crippen LogP contribution in [0.1, 0.15) is 23.1 Å². The van der Waals surface area contributed by atoms with Crippen molar-refractivity contribution >= 4 is 5.97 Å². The van der Waals surface area contributed by atoms with Crippen molar-refractivity contribution in [2.24, 2.45) is 0 Å². The first kappa shape index (κ1) is 11.2. The lowest BCUT2D eigenvalue weighted by Gasteiger charge is -2.05. The summed E-state index contributed by atoms with van der Waals surface area (Å²) in [7, 11) is 0. The van der Waals surface area contributed by atoms with Gasteiger partial charge in [-0.3, -0.25) is 0 Å². The molecule has 2 rings (SSSR count). The normalized spacial score (nSPS) is 10.4. The van der Waals surface area contributed by atoms with Crippen molar-refractivity contribution in [1.29, 1.82) is 0 Å². The van der Waals surface area contributed by atoms with Gasteiger partial charge in [-0.05, 0) is 24.6 Å². The maximum Gasteiger partial charge on any atom is 0.356 e. The molecule has 5 heteroatoms. The molecule has 0 saturated heterocycles. The van der Waals surface area contributed by atoms with Gasteiger partial charge in [0, 0.05) is 11.8 Å². The van der Waals surface area contributed by atoms with Gasteiger partial charge in [-0.2, -0.15) is 5.10 Å². The van der Waals surface area contributed by atoms with Crippen molar-refractivity contribution in [2.45, 2.75) is 13.3 Å². The number of aromatic carboxylic acids is 1. The SMILES string of the molecule is CCc1cc(C(=O)O)nn1-c1cccc(O)c1. The number of carboxylic acids is 1. The maximum absolute atomic E-state index is 10.9. The van der Waals surface area contributed by atoms with Crippen LogP contribution in [0.4, 0.5) is 0 Å². The van der Waals surface area contributed by atoms with Crippen molar-refractivity contribution in [3.63, 3.8) is 0 Å². The fraction of sp³-hybridized carbons (Fsp3) is 0.167. The molecule has 1 heterocycles. The van der Waals surface area contributed by atoms with Crippen molar-refractivity contribution < 1.29 is 15.0 Å². The monoisotopic (exact) mass is 232 g/mol.